The van der Waals surface area contributed by atoms with Crippen LogP contribution in [0.25, 0.3) is 10.6 Å². The van der Waals surface area contributed by atoms with Gasteiger partial charge in [-0.05, 0) is 47.5 Å². The van der Waals surface area contributed by atoms with Crippen LogP contribution in [0.3, 0.4) is 0 Å². The lowest BCUT2D eigenvalue weighted by atomic mass is 10.2. The van der Waals surface area contributed by atoms with E-state index >= 15 is 0 Å². The van der Waals surface area contributed by atoms with Crippen LogP contribution >= 0.6 is 22.7 Å². The molecule has 0 atom stereocenters. The monoisotopic (exact) mass is 359 g/mol. The van der Waals surface area contributed by atoms with Gasteiger partial charge >= 0.3 is 5.97 Å². The summed E-state index contributed by atoms with van der Waals surface area (Å²) in [5.74, 6) is 0.444. The number of hydrogen-bond acceptors (Lipinski definition) is 6. The lowest BCUT2D eigenvalue weighted by Gasteiger charge is -2.04. The lowest BCUT2D eigenvalue weighted by molar-refractivity contribution is 0.0467. The number of aromatic nitrogens is 1. The zero-order valence-corrected chi connectivity index (χ0v) is 14.9. The molecule has 0 fully saturated rings. The first-order chi connectivity index (χ1) is 11.8. The van der Waals surface area contributed by atoms with Gasteiger partial charge in [-0.25, -0.2) is 9.78 Å². The summed E-state index contributed by atoms with van der Waals surface area (Å²) in [6.07, 6.45) is 0.977. The zero-order chi connectivity index (χ0) is 16.8. The van der Waals surface area contributed by atoms with Crippen LogP contribution in [-0.2, 0) is 11.3 Å². The van der Waals surface area contributed by atoms with Crippen molar-refractivity contribution in [1.29, 1.82) is 0 Å². The molecular weight excluding hydrogens is 342 g/mol. The van der Waals surface area contributed by atoms with Crippen molar-refractivity contribution in [2.24, 2.45) is 0 Å². The highest BCUT2D eigenvalue weighted by atomic mass is 32.1. The molecular formula is C18H17NO3S2. The summed E-state index contributed by atoms with van der Waals surface area (Å²) in [4.78, 5) is 16.4. The number of hydrogen-bond donors (Lipinski definition) is 0. The fraction of sp³-hybridized carbons (Fsp3) is 0.222. The van der Waals surface area contributed by atoms with Gasteiger partial charge in [-0.3, -0.25) is 0 Å². The highest BCUT2D eigenvalue weighted by molar-refractivity contribution is 7.13. The van der Waals surface area contributed by atoms with Crippen molar-refractivity contribution in [2.45, 2.75) is 20.0 Å². The summed E-state index contributed by atoms with van der Waals surface area (Å²) in [5.41, 5.74) is 2.30. The Hall–Kier alpha value is -2.18. The van der Waals surface area contributed by atoms with Crippen LogP contribution < -0.4 is 4.74 Å². The first kappa shape index (κ1) is 16.7. The predicted octanol–water partition coefficient (Wildman–Crippen LogP) is 5.02. The molecule has 2 aromatic heterocycles. The van der Waals surface area contributed by atoms with Gasteiger partial charge in [0.1, 0.15) is 17.4 Å². The van der Waals surface area contributed by atoms with Crippen molar-refractivity contribution < 1.29 is 14.3 Å². The molecule has 4 nitrogen and oxygen atoms in total. The maximum Gasteiger partial charge on any atom is 0.358 e. The Kier molecular flexibility index (Phi) is 5.61. The van der Waals surface area contributed by atoms with Gasteiger partial charge in [-0.2, -0.15) is 11.3 Å². The second kappa shape index (κ2) is 8.08. The Morgan fingerprint density at radius 2 is 2.00 bits per heavy atom. The maximum atomic E-state index is 12.1. The number of thiophene rings is 1. The minimum absolute atomic E-state index is 0.276. The predicted molar refractivity (Wildman–Crippen MR) is 96.8 cm³/mol. The molecule has 3 aromatic rings. The number of benzene rings is 1. The second-order valence-corrected chi connectivity index (χ2v) is 6.76. The normalized spacial score (nSPS) is 10.5. The summed E-state index contributed by atoms with van der Waals surface area (Å²) >= 11 is 3.01. The molecule has 2 heterocycles. The molecule has 0 N–H and O–H groups in total. The van der Waals surface area contributed by atoms with E-state index in [1.165, 1.54) is 11.3 Å². The maximum absolute atomic E-state index is 12.1. The Bertz CT molecular complexity index is 779. The Morgan fingerprint density at radius 3 is 2.71 bits per heavy atom. The smallest absolute Gasteiger partial charge is 0.358 e. The summed E-state index contributed by atoms with van der Waals surface area (Å²) in [7, 11) is 0. The molecule has 0 saturated heterocycles. The van der Waals surface area contributed by atoms with Crippen LogP contribution in [-0.4, -0.2) is 17.6 Å². The molecule has 0 amide bonds. The van der Waals surface area contributed by atoms with Gasteiger partial charge in [0.25, 0.3) is 0 Å². The summed E-state index contributed by atoms with van der Waals surface area (Å²) < 4.78 is 10.8. The molecule has 0 aliphatic rings. The molecule has 0 spiro atoms. The van der Waals surface area contributed by atoms with Crippen molar-refractivity contribution in [3.63, 3.8) is 0 Å². The van der Waals surface area contributed by atoms with Gasteiger partial charge in [0.2, 0.25) is 0 Å². The number of carbonyl (C=O) groups is 1. The molecule has 0 bridgehead atoms. The van der Waals surface area contributed by atoms with Crippen LogP contribution in [0.2, 0.25) is 0 Å². The van der Waals surface area contributed by atoms with Gasteiger partial charge in [0.05, 0.1) is 6.61 Å². The van der Waals surface area contributed by atoms with Crippen LogP contribution in [0.1, 0.15) is 29.4 Å². The lowest BCUT2D eigenvalue weighted by Crippen LogP contribution is -2.05. The summed E-state index contributed by atoms with van der Waals surface area (Å²) in [6, 6.07) is 9.67. The summed E-state index contributed by atoms with van der Waals surface area (Å²) in [5, 5.41) is 6.44. The highest BCUT2D eigenvalue weighted by Crippen LogP contribution is 2.26. The molecule has 124 valence electrons. The van der Waals surface area contributed by atoms with E-state index in [4.69, 9.17) is 9.47 Å². The van der Waals surface area contributed by atoms with E-state index in [0.29, 0.717) is 12.3 Å². The molecule has 0 aliphatic carbocycles. The third-order valence-corrected chi connectivity index (χ3v) is 4.86. The van der Waals surface area contributed by atoms with Gasteiger partial charge < -0.3 is 9.47 Å². The molecule has 3 rings (SSSR count). The number of rotatable bonds is 7. The average Bonchev–Trinajstić information content (AvgIpc) is 3.30. The molecule has 0 radical (unpaired) electrons. The van der Waals surface area contributed by atoms with Crippen molar-refractivity contribution in [1.82, 2.24) is 4.98 Å². The van der Waals surface area contributed by atoms with Gasteiger partial charge in [-0.15, -0.1) is 11.3 Å². The SMILES string of the molecule is CCCOc1ccc(-c2nc(C(=O)OCc3ccsc3)cs2)cc1. The van der Waals surface area contributed by atoms with Gasteiger partial charge in [0.15, 0.2) is 5.69 Å². The van der Waals surface area contributed by atoms with Gasteiger partial charge in [-0.1, -0.05) is 6.92 Å². The molecule has 1 aromatic carbocycles. The quantitative estimate of drug-likeness (QED) is 0.556. The summed E-state index contributed by atoms with van der Waals surface area (Å²) in [6.45, 7) is 3.05. The number of ether oxygens (including phenoxy) is 2. The second-order valence-electron chi connectivity index (χ2n) is 5.12. The van der Waals surface area contributed by atoms with E-state index in [1.54, 1.807) is 16.7 Å². The largest absolute Gasteiger partial charge is 0.494 e. The molecule has 6 heteroatoms. The first-order valence-electron chi connectivity index (χ1n) is 7.63. The van der Waals surface area contributed by atoms with Crippen LogP contribution in [0.15, 0.2) is 46.5 Å². The Labute approximate surface area is 148 Å². The van der Waals surface area contributed by atoms with E-state index in [-0.39, 0.29) is 6.61 Å². The van der Waals surface area contributed by atoms with E-state index < -0.39 is 5.97 Å². The number of esters is 1. The minimum Gasteiger partial charge on any atom is -0.494 e. The highest BCUT2D eigenvalue weighted by Gasteiger charge is 2.13. The standard InChI is InChI=1S/C18H17NO3S2/c1-2-8-21-15-5-3-14(4-6-15)17-19-16(12-24-17)18(20)22-10-13-7-9-23-11-13/h3-7,9,11-12H,2,8,10H2,1H3. The Morgan fingerprint density at radius 1 is 1.17 bits per heavy atom. The van der Waals surface area contributed by atoms with Crippen LogP contribution in [0.4, 0.5) is 0 Å². The average molecular weight is 359 g/mol. The van der Waals surface area contributed by atoms with Crippen molar-refractivity contribution in [3.8, 4) is 16.3 Å². The number of carbonyl (C=O) groups excluding carboxylic acids is 1. The molecule has 0 aliphatic heterocycles. The zero-order valence-electron chi connectivity index (χ0n) is 13.2. The number of nitrogens with zero attached hydrogens (tertiary/aromatic N) is 1. The van der Waals surface area contributed by atoms with E-state index in [0.717, 1.165) is 28.3 Å². The molecule has 0 saturated carbocycles. The van der Waals surface area contributed by atoms with E-state index in [1.807, 2.05) is 41.1 Å². The van der Waals surface area contributed by atoms with E-state index in [2.05, 4.69) is 11.9 Å². The topological polar surface area (TPSA) is 48.4 Å². The van der Waals surface area contributed by atoms with Crippen molar-refractivity contribution in [2.75, 3.05) is 6.61 Å². The van der Waals surface area contributed by atoms with Crippen molar-refractivity contribution >= 4 is 28.6 Å². The number of thiazole rings is 1. The van der Waals surface area contributed by atoms with Crippen LogP contribution in [0, 0.1) is 0 Å². The van der Waals surface area contributed by atoms with Gasteiger partial charge in [0, 0.05) is 16.5 Å². The fourth-order valence-electron chi connectivity index (χ4n) is 2.01. The first-order valence-corrected chi connectivity index (χ1v) is 9.45. The molecule has 0 unspecified atom stereocenters. The van der Waals surface area contributed by atoms with E-state index in [9.17, 15) is 4.79 Å². The molecule has 24 heavy (non-hydrogen) atoms. The Balaban J connectivity index is 1.63. The van der Waals surface area contributed by atoms with Crippen LogP contribution in [0.5, 0.6) is 5.75 Å². The fourth-order valence-corrected chi connectivity index (χ4v) is 3.46. The van der Waals surface area contributed by atoms with Crippen molar-refractivity contribution in [3.05, 3.63) is 57.7 Å². The third-order valence-electron chi connectivity index (χ3n) is 3.24. The minimum atomic E-state index is -0.397. The third kappa shape index (κ3) is 4.21.